The van der Waals surface area contributed by atoms with Crippen molar-refractivity contribution in [2.45, 2.75) is 19.4 Å². The number of pyridine rings is 1. The minimum absolute atomic E-state index is 0.340. The Morgan fingerprint density at radius 1 is 1.24 bits per heavy atom. The van der Waals surface area contributed by atoms with Gasteiger partial charge in [-0.3, -0.25) is 0 Å². The number of amides is 1. The molecule has 1 fully saturated rings. The van der Waals surface area contributed by atoms with Gasteiger partial charge >= 0.3 is 6.09 Å². The normalized spacial score (nSPS) is 14.7. The van der Waals surface area contributed by atoms with Crippen molar-refractivity contribution in [2.75, 3.05) is 24.5 Å². The van der Waals surface area contributed by atoms with Crippen LogP contribution in [0.25, 0.3) is 11.3 Å². The number of anilines is 1. The highest BCUT2D eigenvalue weighted by molar-refractivity contribution is 7.07. The maximum Gasteiger partial charge on any atom is 0.407 e. The second-order valence-corrected chi connectivity index (χ2v) is 7.80. The van der Waals surface area contributed by atoms with E-state index in [0.29, 0.717) is 19.0 Å². The van der Waals surface area contributed by atoms with Gasteiger partial charge in [-0.1, -0.05) is 6.07 Å². The molecular weight excluding hydrogens is 388 g/mol. The van der Waals surface area contributed by atoms with Gasteiger partial charge in [0, 0.05) is 43.0 Å². The second kappa shape index (κ2) is 8.95. The minimum atomic E-state index is -0.889. The van der Waals surface area contributed by atoms with Crippen molar-refractivity contribution in [1.82, 2.24) is 24.8 Å². The van der Waals surface area contributed by atoms with Crippen LogP contribution in [0.5, 0.6) is 0 Å². The van der Waals surface area contributed by atoms with Crippen LogP contribution in [-0.4, -0.2) is 55.7 Å². The molecule has 0 radical (unpaired) electrons. The van der Waals surface area contributed by atoms with Gasteiger partial charge < -0.3 is 14.9 Å². The highest BCUT2D eigenvalue weighted by atomic mass is 32.1. The van der Waals surface area contributed by atoms with E-state index in [4.69, 9.17) is 4.98 Å². The van der Waals surface area contributed by atoms with Crippen molar-refractivity contribution < 1.29 is 9.90 Å². The maximum atomic E-state index is 11.6. The molecular formula is C20H22N6O2S. The van der Waals surface area contributed by atoms with Gasteiger partial charge in [0.05, 0.1) is 23.4 Å². The van der Waals surface area contributed by atoms with Crippen LogP contribution in [0, 0.1) is 5.92 Å². The number of rotatable bonds is 6. The number of carbonyl (C=O) groups is 1. The first-order chi connectivity index (χ1) is 14.2. The third kappa shape index (κ3) is 4.86. The summed E-state index contributed by atoms with van der Waals surface area (Å²) in [6.07, 6.45) is 6.00. The molecule has 0 aromatic carbocycles. The Labute approximate surface area is 172 Å². The summed E-state index contributed by atoms with van der Waals surface area (Å²) >= 11 is 1.48. The fourth-order valence-electron chi connectivity index (χ4n) is 3.57. The summed E-state index contributed by atoms with van der Waals surface area (Å²) in [5.41, 5.74) is 4.28. The largest absolute Gasteiger partial charge is 0.465 e. The highest BCUT2D eigenvalue weighted by Crippen LogP contribution is 2.25. The third-order valence-electron chi connectivity index (χ3n) is 5.11. The molecule has 150 valence electrons. The second-order valence-electron chi connectivity index (χ2n) is 7.08. The van der Waals surface area contributed by atoms with Gasteiger partial charge in [-0.15, -0.1) is 11.3 Å². The van der Waals surface area contributed by atoms with Crippen molar-refractivity contribution in [3.63, 3.8) is 0 Å². The number of nitrogens with zero attached hydrogens (tertiary/aromatic N) is 6. The van der Waals surface area contributed by atoms with Crippen LogP contribution in [0.2, 0.25) is 0 Å². The molecule has 0 atom stereocenters. The monoisotopic (exact) mass is 410 g/mol. The van der Waals surface area contributed by atoms with E-state index in [1.807, 2.05) is 23.6 Å². The summed E-state index contributed by atoms with van der Waals surface area (Å²) in [6.45, 7) is 2.60. The summed E-state index contributed by atoms with van der Waals surface area (Å²) in [6, 6.07) is 5.97. The standard InChI is InChI=1S/C20H22N6O2S/c27-20(28)26(11-17-12-29-14-23-17)10-15-4-6-25(7-5-15)19-3-1-2-18(24-19)16-8-21-13-22-9-16/h1-3,8-9,12-15H,4-7,10-11H2,(H,27,28). The first-order valence-electron chi connectivity index (χ1n) is 9.51. The fourth-order valence-corrected chi connectivity index (χ4v) is 4.12. The van der Waals surface area contributed by atoms with E-state index in [0.717, 1.165) is 48.7 Å². The molecule has 0 saturated carbocycles. The van der Waals surface area contributed by atoms with E-state index in [1.54, 1.807) is 17.9 Å². The Balaban J connectivity index is 1.36. The molecule has 0 bridgehead atoms. The lowest BCUT2D eigenvalue weighted by Crippen LogP contribution is -2.40. The van der Waals surface area contributed by atoms with E-state index in [2.05, 4.69) is 19.9 Å². The van der Waals surface area contributed by atoms with Crippen molar-refractivity contribution in [1.29, 1.82) is 0 Å². The smallest absolute Gasteiger partial charge is 0.407 e. The van der Waals surface area contributed by atoms with Gasteiger partial charge in [0.1, 0.15) is 12.1 Å². The lowest BCUT2D eigenvalue weighted by atomic mass is 9.96. The Morgan fingerprint density at radius 3 is 2.72 bits per heavy atom. The molecule has 1 amide bonds. The van der Waals surface area contributed by atoms with Gasteiger partial charge in [-0.2, -0.15) is 0 Å². The van der Waals surface area contributed by atoms with E-state index in [1.165, 1.54) is 22.6 Å². The van der Waals surface area contributed by atoms with Crippen LogP contribution < -0.4 is 4.90 Å². The summed E-state index contributed by atoms with van der Waals surface area (Å²) in [4.78, 5) is 32.5. The molecule has 4 heterocycles. The van der Waals surface area contributed by atoms with Crippen molar-refractivity contribution in [2.24, 2.45) is 5.92 Å². The summed E-state index contributed by atoms with van der Waals surface area (Å²) in [7, 11) is 0. The quantitative estimate of drug-likeness (QED) is 0.665. The highest BCUT2D eigenvalue weighted by Gasteiger charge is 2.24. The minimum Gasteiger partial charge on any atom is -0.465 e. The maximum absolute atomic E-state index is 11.6. The molecule has 1 aliphatic heterocycles. The van der Waals surface area contributed by atoms with Crippen LogP contribution >= 0.6 is 11.3 Å². The number of hydrogen-bond donors (Lipinski definition) is 1. The van der Waals surface area contributed by atoms with Gasteiger partial charge in [0.2, 0.25) is 0 Å². The fraction of sp³-hybridized carbons (Fsp3) is 0.350. The molecule has 0 unspecified atom stereocenters. The number of carboxylic acid groups (broad SMARTS) is 1. The first kappa shape index (κ1) is 19.3. The van der Waals surface area contributed by atoms with Crippen molar-refractivity contribution >= 4 is 23.2 Å². The zero-order chi connectivity index (χ0) is 20.1. The van der Waals surface area contributed by atoms with Crippen LogP contribution in [0.4, 0.5) is 10.6 Å². The number of hydrogen-bond acceptors (Lipinski definition) is 7. The van der Waals surface area contributed by atoms with Crippen LogP contribution in [0.3, 0.4) is 0 Å². The van der Waals surface area contributed by atoms with E-state index in [-0.39, 0.29) is 0 Å². The van der Waals surface area contributed by atoms with Gasteiger partial charge in [-0.25, -0.2) is 24.7 Å². The molecule has 1 aliphatic rings. The number of aromatic nitrogens is 4. The first-order valence-corrected chi connectivity index (χ1v) is 10.5. The molecule has 1 saturated heterocycles. The van der Waals surface area contributed by atoms with Gasteiger partial charge in [0.25, 0.3) is 0 Å². The topological polar surface area (TPSA) is 95.3 Å². The molecule has 0 spiro atoms. The zero-order valence-corrected chi connectivity index (χ0v) is 16.7. The van der Waals surface area contributed by atoms with Crippen molar-refractivity contribution in [3.8, 4) is 11.3 Å². The van der Waals surface area contributed by atoms with E-state index >= 15 is 0 Å². The van der Waals surface area contributed by atoms with Gasteiger partial charge in [0.15, 0.2) is 0 Å². The molecule has 9 heteroatoms. The molecule has 8 nitrogen and oxygen atoms in total. The Hall–Kier alpha value is -3.07. The van der Waals surface area contributed by atoms with Crippen LogP contribution in [0.15, 0.2) is 47.8 Å². The third-order valence-corrected chi connectivity index (χ3v) is 5.75. The van der Waals surface area contributed by atoms with Crippen LogP contribution in [-0.2, 0) is 6.54 Å². The predicted octanol–water partition coefficient (Wildman–Crippen LogP) is 3.39. The SMILES string of the molecule is O=C(O)N(Cc1cscn1)CC1CCN(c2cccc(-c3cncnc3)n2)CC1. The Morgan fingerprint density at radius 2 is 2.03 bits per heavy atom. The summed E-state index contributed by atoms with van der Waals surface area (Å²) in [5.74, 6) is 1.27. The molecule has 3 aromatic heterocycles. The summed E-state index contributed by atoms with van der Waals surface area (Å²) < 4.78 is 0. The summed E-state index contributed by atoms with van der Waals surface area (Å²) in [5, 5.41) is 11.4. The molecule has 1 N–H and O–H groups in total. The van der Waals surface area contributed by atoms with Crippen LogP contribution in [0.1, 0.15) is 18.5 Å². The lowest BCUT2D eigenvalue weighted by molar-refractivity contribution is 0.129. The number of thiazole rings is 1. The average molecular weight is 411 g/mol. The zero-order valence-electron chi connectivity index (χ0n) is 15.9. The van der Waals surface area contributed by atoms with Crippen molar-refractivity contribution in [3.05, 3.63) is 53.5 Å². The van der Waals surface area contributed by atoms with E-state index < -0.39 is 6.09 Å². The molecule has 29 heavy (non-hydrogen) atoms. The molecule has 4 rings (SSSR count). The number of piperidine rings is 1. The average Bonchev–Trinajstić information content (AvgIpc) is 3.28. The van der Waals surface area contributed by atoms with E-state index in [9.17, 15) is 9.90 Å². The van der Waals surface area contributed by atoms with Gasteiger partial charge in [-0.05, 0) is 30.9 Å². The molecule has 0 aliphatic carbocycles. The Kier molecular flexibility index (Phi) is 5.95. The molecule has 3 aromatic rings. The predicted molar refractivity (Wildman–Crippen MR) is 111 cm³/mol. The Bertz CT molecular complexity index is 929. The lowest BCUT2D eigenvalue weighted by Gasteiger charge is -2.34.